The summed E-state index contributed by atoms with van der Waals surface area (Å²) in [7, 11) is 0. The van der Waals surface area contributed by atoms with Gasteiger partial charge in [0.05, 0.1) is 0 Å². The van der Waals surface area contributed by atoms with E-state index in [1.165, 1.54) is 6.20 Å². The van der Waals surface area contributed by atoms with Crippen LogP contribution in [0.1, 0.15) is 12.5 Å². The summed E-state index contributed by atoms with van der Waals surface area (Å²) in [6.45, 7) is 1.87. The lowest BCUT2D eigenvalue weighted by molar-refractivity contribution is 1.08. The molecule has 0 aliphatic carbocycles. The van der Waals surface area contributed by atoms with Gasteiger partial charge in [-0.15, -0.1) is 0 Å². The lowest BCUT2D eigenvalue weighted by Gasteiger charge is -1.95. The van der Waals surface area contributed by atoms with E-state index in [1.54, 1.807) is 6.08 Å². The molecule has 0 atom stereocenters. The average molecular weight is 151 g/mol. The molecule has 0 amide bonds. The molecule has 0 fully saturated rings. The lowest BCUT2D eigenvalue weighted by atomic mass is 10.3. The minimum Gasteiger partial charge on any atom is -0.385 e. The van der Waals surface area contributed by atoms with Gasteiger partial charge in [-0.3, -0.25) is 4.98 Å². The standard InChI is InChI=1S/C7H9N3O/c1-2-3-5-4-9-7(11)10-6(5)8/h2-4H,1H3,(H3,8,9,10,11)/b3-2-. The molecular formula is C7H9N3O. The Morgan fingerprint density at radius 3 is 3.00 bits per heavy atom. The minimum absolute atomic E-state index is 0.350. The molecule has 1 aromatic heterocycles. The van der Waals surface area contributed by atoms with Gasteiger partial charge in [0.25, 0.3) is 0 Å². The van der Waals surface area contributed by atoms with E-state index in [4.69, 9.17) is 5.73 Å². The first-order chi connectivity index (χ1) is 5.24. The molecule has 0 radical (unpaired) electrons. The van der Waals surface area contributed by atoms with Crippen molar-refractivity contribution in [1.29, 1.82) is 0 Å². The first-order valence-electron chi connectivity index (χ1n) is 3.21. The van der Waals surface area contributed by atoms with Gasteiger partial charge in [-0.1, -0.05) is 12.2 Å². The zero-order valence-electron chi connectivity index (χ0n) is 6.16. The largest absolute Gasteiger partial charge is 0.385 e. The van der Waals surface area contributed by atoms with Crippen LogP contribution in [-0.2, 0) is 0 Å². The summed E-state index contributed by atoms with van der Waals surface area (Å²) in [5, 5.41) is 0. The van der Waals surface area contributed by atoms with E-state index < -0.39 is 5.69 Å². The molecule has 11 heavy (non-hydrogen) atoms. The summed E-state index contributed by atoms with van der Waals surface area (Å²) in [6.07, 6.45) is 5.04. The van der Waals surface area contributed by atoms with Gasteiger partial charge >= 0.3 is 5.69 Å². The van der Waals surface area contributed by atoms with Crippen LogP contribution in [0.15, 0.2) is 17.1 Å². The second kappa shape index (κ2) is 3.01. The van der Waals surface area contributed by atoms with Crippen LogP contribution in [0.5, 0.6) is 0 Å². The van der Waals surface area contributed by atoms with Crippen LogP contribution in [-0.4, -0.2) is 9.97 Å². The van der Waals surface area contributed by atoms with Crippen LogP contribution in [0.4, 0.5) is 5.82 Å². The fraction of sp³-hybridized carbons (Fsp3) is 0.143. The quantitative estimate of drug-likeness (QED) is 0.609. The second-order valence-electron chi connectivity index (χ2n) is 2.06. The van der Waals surface area contributed by atoms with Crippen LogP contribution in [0.25, 0.3) is 6.08 Å². The summed E-state index contributed by atoms with van der Waals surface area (Å²) in [5.41, 5.74) is 5.77. The van der Waals surface area contributed by atoms with E-state index in [-0.39, 0.29) is 0 Å². The van der Waals surface area contributed by atoms with Crippen molar-refractivity contribution in [2.24, 2.45) is 0 Å². The highest BCUT2D eigenvalue weighted by atomic mass is 16.1. The van der Waals surface area contributed by atoms with E-state index in [9.17, 15) is 4.79 Å². The molecule has 0 saturated carbocycles. The molecule has 58 valence electrons. The number of aromatic nitrogens is 2. The number of hydrogen-bond acceptors (Lipinski definition) is 3. The summed E-state index contributed by atoms with van der Waals surface area (Å²) >= 11 is 0. The number of rotatable bonds is 1. The Hall–Kier alpha value is -1.58. The monoisotopic (exact) mass is 151 g/mol. The molecule has 0 bridgehead atoms. The summed E-state index contributed by atoms with van der Waals surface area (Å²) in [4.78, 5) is 16.5. The Balaban J connectivity index is 3.19. The first kappa shape index (κ1) is 7.53. The summed E-state index contributed by atoms with van der Waals surface area (Å²) < 4.78 is 0. The molecule has 1 aromatic rings. The molecule has 0 spiro atoms. The fourth-order valence-electron chi connectivity index (χ4n) is 0.730. The molecule has 0 aromatic carbocycles. The molecule has 1 rings (SSSR count). The zero-order chi connectivity index (χ0) is 8.27. The minimum atomic E-state index is -0.421. The number of aromatic amines is 1. The number of nitrogens with zero attached hydrogens (tertiary/aromatic N) is 1. The summed E-state index contributed by atoms with van der Waals surface area (Å²) in [6, 6.07) is 0. The maximum absolute atomic E-state index is 10.6. The van der Waals surface area contributed by atoms with Crippen molar-refractivity contribution in [3.05, 3.63) is 28.3 Å². The van der Waals surface area contributed by atoms with Crippen molar-refractivity contribution in [1.82, 2.24) is 9.97 Å². The van der Waals surface area contributed by atoms with Crippen LogP contribution in [0, 0.1) is 0 Å². The highest BCUT2D eigenvalue weighted by Crippen LogP contribution is 2.04. The normalized spacial score (nSPS) is 10.6. The van der Waals surface area contributed by atoms with Gasteiger partial charge in [-0.2, -0.15) is 0 Å². The SMILES string of the molecule is C/C=C\c1cnc(=O)[nH]c1N. The maximum atomic E-state index is 10.6. The number of nitrogens with two attached hydrogens (primary N) is 1. The summed E-state index contributed by atoms with van der Waals surface area (Å²) in [5.74, 6) is 0.350. The van der Waals surface area contributed by atoms with E-state index in [0.29, 0.717) is 5.82 Å². The van der Waals surface area contributed by atoms with Crippen LogP contribution in [0.3, 0.4) is 0 Å². The van der Waals surface area contributed by atoms with E-state index in [0.717, 1.165) is 5.56 Å². The third-order valence-electron chi connectivity index (χ3n) is 1.22. The van der Waals surface area contributed by atoms with Crippen molar-refractivity contribution in [2.75, 3.05) is 5.73 Å². The van der Waals surface area contributed by atoms with Crippen LogP contribution >= 0.6 is 0 Å². The van der Waals surface area contributed by atoms with Crippen molar-refractivity contribution >= 4 is 11.9 Å². The maximum Gasteiger partial charge on any atom is 0.346 e. The van der Waals surface area contributed by atoms with E-state index in [2.05, 4.69) is 9.97 Å². The third kappa shape index (κ3) is 1.67. The van der Waals surface area contributed by atoms with E-state index in [1.807, 2.05) is 13.0 Å². The molecule has 0 saturated heterocycles. The van der Waals surface area contributed by atoms with Crippen molar-refractivity contribution in [2.45, 2.75) is 6.92 Å². The number of anilines is 1. The van der Waals surface area contributed by atoms with Crippen LogP contribution < -0.4 is 11.4 Å². The smallest absolute Gasteiger partial charge is 0.346 e. The van der Waals surface area contributed by atoms with Gasteiger partial charge in [0, 0.05) is 11.8 Å². The number of nitrogen functional groups attached to an aromatic ring is 1. The highest BCUT2D eigenvalue weighted by Gasteiger charge is 1.94. The van der Waals surface area contributed by atoms with Crippen LogP contribution in [0.2, 0.25) is 0 Å². The predicted molar refractivity (Wildman–Crippen MR) is 44.0 cm³/mol. The molecule has 4 heteroatoms. The average Bonchev–Trinajstić information content (AvgIpc) is 1.95. The molecule has 3 N–H and O–H groups in total. The number of H-pyrrole nitrogens is 1. The van der Waals surface area contributed by atoms with Crippen molar-refractivity contribution in [3.8, 4) is 0 Å². The Labute approximate surface area is 63.8 Å². The van der Waals surface area contributed by atoms with Gasteiger partial charge in [0.1, 0.15) is 5.82 Å². The highest BCUT2D eigenvalue weighted by molar-refractivity contribution is 5.58. The lowest BCUT2D eigenvalue weighted by Crippen LogP contribution is -2.12. The van der Waals surface area contributed by atoms with Crippen molar-refractivity contribution < 1.29 is 0 Å². The number of nitrogens with one attached hydrogen (secondary N) is 1. The second-order valence-corrected chi connectivity index (χ2v) is 2.06. The molecule has 0 unspecified atom stereocenters. The fourth-order valence-corrected chi connectivity index (χ4v) is 0.730. The zero-order valence-corrected chi connectivity index (χ0v) is 6.16. The topological polar surface area (TPSA) is 71.8 Å². The van der Waals surface area contributed by atoms with Gasteiger partial charge in [0.2, 0.25) is 0 Å². The van der Waals surface area contributed by atoms with Gasteiger partial charge in [-0.25, -0.2) is 9.78 Å². The first-order valence-corrected chi connectivity index (χ1v) is 3.21. The third-order valence-corrected chi connectivity index (χ3v) is 1.22. The van der Waals surface area contributed by atoms with Gasteiger partial charge in [-0.05, 0) is 6.92 Å². The molecule has 4 nitrogen and oxygen atoms in total. The van der Waals surface area contributed by atoms with E-state index >= 15 is 0 Å². The Bertz CT molecular complexity index is 327. The molecule has 0 aliphatic rings. The van der Waals surface area contributed by atoms with Gasteiger partial charge in [0.15, 0.2) is 0 Å². The Morgan fingerprint density at radius 1 is 1.73 bits per heavy atom. The predicted octanol–water partition coefficient (Wildman–Crippen LogP) is 0.385. The number of hydrogen-bond donors (Lipinski definition) is 2. The van der Waals surface area contributed by atoms with Crippen molar-refractivity contribution in [3.63, 3.8) is 0 Å². The molecule has 1 heterocycles. The van der Waals surface area contributed by atoms with Gasteiger partial charge < -0.3 is 5.73 Å². The number of allylic oxidation sites excluding steroid dienone is 1. The Kier molecular flexibility index (Phi) is 2.06. The Morgan fingerprint density at radius 2 is 2.45 bits per heavy atom. The molecular weight excluding hydrogens is 142 g/mol. The molecule has 0 aliphatic heterocycles.